The lowest BCUT2D eigenvalue weighted by atomic mass is 9.96. The molecule has 0 aromatic carbocycles. The van der Waals surface area contributed by atoms with Crippen LogP contribution in [0.2, 0.25) is 0 Å². The Morgan fingerprint density at radius 1 is 1.25 bits per heavy atom. The van der Waals surface area contributed by atoms with Crippen molar-refractivity contribution in [3.05, 3.63) is 0 Å². The molecule has 1 amide bonds. The van der Waals surface area contributed by atoms with Crippen LogP contribution in [0, 0.1) is 5.92 Å². The van der Waals surface area contributed by atoms with E-state index in [1.165, 1.54) is 7.11 Å². The van der Waals surface area contributed by atoms with E-state index in [0.717, 1.165) is 0 Å². The fraction of sp³-hybridized carbons (Fsp3) is 0.857. The van der Waals surface area contributed by atoms with Gasteiger partial charge in [0, 0.05) is 12.1 Å². The number of hydrogen-bond donors (Lipinski definition) is 2. The minimum absolute atomic E-state index is 0.0592. The maximum atomic E-state index is 11.8. The van der Waals surface area contributed by atoms with Crippen LogP contribution in [0.15, 0.2) is 0 Å². The lowest BCUT2D eigenvalue weighted by Gasteiger charge is -2.28. The monoisotopic (exact) mass is 288 g/mol. The summed E-state index contributed by atoms with van der Waals surface area (Å²) in [4.78, 5) is 23.1. The highest BCUT2D eigenvalue weighted by Crippen LogP contribution is 2.12. The summed E-state index contributed by atoms with van der Waals surface area (Å²) in [5.74, 6) is -0.0594. The standard InChI is InChI=1S/C14H28N2O4/c1-9(2)7-11(10(15)8-12(17)19-6)16-13(18)20-14(3,4)5/h9-11H,7-8,15H2,1-6H3,(H,16,18)/t10-,11+/m1/s1. The third-order valence-corrected chi connectivity index (χ3v) is 2.57. The normalized spacial score (nSPS) is 14.6. The van der Waals surface area contributed by atoms with Gasteiger partial charge in [0.1, 0.15) is 5.60 Å². The van der Waals surface area contributed by atoms with Crippen LogP contribution in [-0.4, -0.2) is 36.9 Å². The van der Waals surface area contributed by atoms with Gasteiger partial charge in [0.05, 0.1) is 13.5 Å². The zero-order valence-electron chi connectivity index (χ0n) is 13.4. The second kappa shape index (κ2) is 8.09. The Kier molecular flexibility index (Phi) is 7.57. The number of rotatable bonds is 6. The van der Waals surface area contributed by atoms with E-state index in [4.69, 9.17) is 10.5 Å². The largest absolute Gasteiger partial charge is 0.469 e. The predicted molar refractivity (Wildman–Crippen MR) is 77.2 cm³/mol. The van der Waals surface area contributed by atoms with Gasteiger partial charge in [0.15, 0.2) is 0 Å². The van der Waals surface area contributed by atoms with Crippen molar-refractivity contribution < 1.29 is 19.1 Å². The van der Waals surface area contributed by atoms with E-state index in [1.807, 2.05) is 13.8 Å². The van der Waals surface area contributed by atoms with Crippen molar-refractivity contribution in [2.24, 2.45) is 11.7 Å². The van der Waals surface area contributed by atoms with Gasteiger partial charge in [-0.1, -0.05) is 13.8 Å². The molecule has 2 atom stereocenters. The van der Waals surface area contributed by atoms with E-state index in [1.54, 1.807) is 20.8 Å². The average molecular weight is 288 g/mol. The van der Waals surface area contributed by atoms with Gasteiger partial charge < -0.3 is 20.5 Å². The van der Waals surface area contributed by atoms with Gasteiger partial charge in [-0.3, -0.25) is 4.79 Å². The topological polar surface area (TPSA) is 90.6 Å². The Morgan fingerprint density at radius 3 is 2.20 bits per heavy atom. The molecule has 0 unspecified atom stereocenters. The van der Waals surface area contributed by atoms with Crippen molar-refractivity contribution in [2.75, 3.05) is 7.11 Å². The Balaban J connectivity index is 4.63. The summed E-state index contributed by atoms with van der Waals surface area (Å²) in [6, 6.07) is -0.832. The molecule has 0 fully saturated rings. The molecular formula is C14H28N2O4. The first kappa shape index (κ1) is 18.7. The Bertz CT molecular complexity index is 324. The molecule has 118 valence electrons. The van der Waals surface area contributed by atoms with E-state index in [2.05, 4.69) is 10.1 Å². The first-order valence-electron chi connectivity index (χ1n) is 6.87. The quantitative estimate of drug-likeness (QED) is 0.727. The van der Waals surface area contributed by atoms with Crippen molar-refractivity contribution in [1.82, 2.24) is 5.32 Å². The molecule has 0 rings (SSSR count). The maximum absolute atomic E-state index is 11.8. The van der Waals surface area contributed by atoms with E-state index >= 15 is 0 Å². The van der Waals surface area contributed by atoms with Gasteiger partial charge in [0.2, 0.25) is 0 Å². The molecule has 0 bridgehead atoms. The number of amides is 1. The van der Waals surface area contributed by atoms with E-state index in [0.29, 0.717) is 12.3 Å². The van der Waals surface area contributed by atoms with E-state index in [-0.39, 0.29) is 12.5 Å². The van der Waals surface area contributed by atoms with Crippen LogP contribution in [0.25, 0.3) is 0 Å². The Hall–Kier alpha value is -1.30. The molecule has 0 aromatic heterocycles. The fourth-order valence-corrected chi connectivity index (χ4v) is 1.73. The second-order valence-electron chi connectivity index (χ2n) is 6.33. The Labute approximate surface area is 121 Å². The van der Waals surface area contributed by atoms with Crippen LogP contribution < -0.4 is 11.1 Å². The van der Waals surface area contributed by atoms with Gasteiger partial charge >= 0.3 is 12.1 Å². The summed E-state index contributed by atoms with van der Waals surface area (Å²) in [6.45, 7) is 9.42. The highest BCUT2D eigenvalue weighted by Gasteiger charge is 2.26. The number of esters is 1. The number of nitrogens with one attached hydrogen (secondary N) is 1. The SMILES string of the molecule is COC(=O)C[C@@H](N)[C@H](CC(C)C)NC(=O)OC(C)(C)C. The van der Waals surface area contributed by atoms with Crippen LogP contribution >= 0.6 is 0 Å². The maximum Gasteiger partial charge on any atom is 0.407 e. The number of alkyl carbamates (subject to hydrolysis) is 1. The van der Waals surface area contributed by atoms with Crippen molar-refractivity contribution in [3.8, 4) is 0 Å². The molecule has 0 heterocycles. The van der Waals surface area contributed by atoms with Gasteiger partial charge in [-0.2, -0.15) is 0 Å². The van der Waals surface area contributed by atoms with Crippen LogP contribution in [0.5, 0.6) is 0 Å². The molecule has 0 aromatic rings. The average Bonchev–Trinajstić information content (AvgIpc) is 2.24. The molecule has 0 saturated carbocycles. The van der Waals surface area contributed by atoms with E-state index in [9.17, 15) is 9.59 Å². The van der Waals surface area contributed by atoms with Crippen LogP contribution in [0.1, 0.15) is 47.5 Å². The molecule has 20 heavy (non-hydrogen) atoms. The number of methoxy groups -OCH3 is 1. The van der Waals surface area contributed by atoms with E-state index < -0.39 is 23.7 Å². The molecule has 0 aliphatic carbocycles. The van der Waals surface area contributed by atoms with Gasteiger partial charge in [-0.05, 0) is 33.1 Å². The first-order valence-corrected chi connectivity index (χ1v) is 6.87. The Morgan fingerprint density at radius 2 is 1.80 bits per heavy atom. The number of hydrogen-bond acceptors (Lipinski definition) is 5. The van der Waals surface area contributed by atoms with Crippen molar-refractivity contribution in [3.63, 3.8) is 0 Å². The van der Waals surface area contributed by atoms with Crippen molar-refractivity contribution in [1.29, 1.82) is 0 Å². The first-order chi connectivity index (χ1) is 9.05. The minimum atomic E-state index is -0.571. The zero-order valence-corrected chi connectivity index (χ0v) is 13.4. The molecule has 0 radical (unpaired) electrons. The number of carbonyl (C=O) groups is 2. The van der Waals surface area contributed by atoms with Crippen molar-refractivity contribution in [2.45, 2.75) is 65.1 Å². The molecule has 0 saturated heterocycles. The molecular weight excluding hydrogens is 260 g/mol. The van der Waals surface area contributed by atoms with Gasteiger partial charge in [-0.25, -0.2) is 4.79 Å². The van der Waals surface area contributed by atoms with Crippen LogP contribution in [-0.2, 0) is 14.3 Å². The summed E-state index contributed by atoms with van der Waals surface area (Å²) in [5.41, 5.74) is 5.41. The van der Waals surface area contributed by atoms with Gasteiger partial charge in [-0.15, -0.1) is 0 Å². The highest BCUT2D eigenvalue weighted by atomic mass is 16.6. The molecule has 0 aliphatic rings. The summed E-state index contributed by atoms with van der Waals surface area (Å²) in [6.07, 6.45) is 0.199. The lowest BCUT2D eigenvalue weighted by molar-refractivity contribution is -0.141. The molecule has 6 heteroatoms. The smallest absolute Gasteiger partial charge is 0.407 e. The zero-order chi connectivity index (χ0) is 15.9. The molecule has 3 N–H and O–H groups in total. The lowest BCUT2D eigenvalue weighted by Crippen LogP contribution is -2.50. The molecule has 0 spiro atoms. The fourth-order valence-electron chi connectivity index (χ4n) is 1.73. The summed E-state index contributed by atoms with van der Waals surface area (Å²) in [5, 5.41) is 2.74. The minimum Gasteiger partial charge on any atom is -0.469 e. The summed E-state index contributed by atoms with van der Waals surface area (Å²) < 4.78 is 9.81. The number of carbonyl (C=O) groups excluding carboxylic acids is 2. The molecule has 6 nitrogen and oxygen atoms in total. The third kappa shape index (κ3) is 8.74. The van der Waals surface area contributed by atoms with Crippen LogP contribution in [0.3, 0.4) is 0 Å². The highest BCUT2D eigenvalue weighted by molar-refractivity contribution is 5.71. The van der Waals surface area contributed by atoms with Gasteiger partial charge in [0.25, 0.3) is 0 Å². The summed E-state index contributed by atoms with van der Waals surface area (Å²) in [7, 11) is 1.31. The summed E-state index contributed by atoms with van der Waals surface area (Å²) >= 11 is 0. The molecule has 0 aliphatic heterocycles. The third-order valence-electron chi connectivity index (χ3n) is 2.57. The predicted octanol–water partition coefficient (Wildman–Crippen LogP) is 1.82. The second-order valence-corrected chi connectivity index (χ2v) is 6.33. The van der Waals surface area contributed by atoms with Crippen LogP contribution in [0.4, 0.5) is 4.79 Å². The number of nitrogens with two attached hydrogens (primary N) is 1. The number of ether oxygens (including phenoxy) is 2. The van der Waals surface area contributed by atoms with Crippen molar-refractivity contribution >= 4 is 12.1 Å².